The van der Waals surface area contributed by atoms with Crippen molar-refractivity contribution in [1.29, 1.82) is 0 Å². The summed E-state index contributed by atoms with van der Waals surface area (Å²) in [4.78, 5) is 12.5. The third kappa shape index (κ3) is 2.76. The van der Waals surface area contributed by atoms with Crippen LogP contribution in [0.5, 0.6) is 0 Å². The van der Waals surface area contributed by atoms with Crippen LogP contribution in [0.15, 0.2) is 23.3 Å². The lowest BCUT2D eigenvalue weighted by Gasteiger charge is -2.32. The van der Waals surface area contributed by atoms with Gasteiger partial charge in [-0.1, -0.05) is 0 Å². The lowest BCUT2D eigenvalue weighted by atomic mass is 9.78. The van der Waals surface area contributed by atoms with Crippen molar-refractivity contribution < 1.29 is 11.8 Å². The second-order valence-electron chi connectivity index (χ2n) is 6.63. The van der Waals surface area contributed by atoms with Crippen LogP contribution in [0.2, 0.25) is 0 Å². The maximum absolute atomic E-state index is 12.5. The van der Waals surface area contributed by atoms with Gasteiger partial charge in [-0.05, 0) is 33.8 Å². The van der Waals surface area contributed by atoms with Crippen molar-refractivity contribution in [3.8, 4) is 0 Å². The fourth-order valence-electron chi connectivity index (χ4n) is 2.61. The van der Waals surface area contributed by atoms with E-state index in [-0.39, 0.29) is 5.56 Å². The molecule has 0 bridgehead atoms. The topological polar surface area (TPSA) is 54.6 Å². The summed E-state index contributed by atoms with van der Waals surface area (Å²) < 4.78 is 20.6. The van der Waals surface area contributed by atoms with Crippen LogP contribution < -0.4 is 11.0 Å². The molecule has 2 aromatic rings. The molecule has 1 aliphatic rings. The Morgan fingerprint density at radius 1 is 1.26 bits per heavy atom. The molecule has 1 fully saturated rings. The molecule has 0 N–H and O–H groups in total. The first kappa shape index (κ1) is 17.3. The van der Waals surface area contributed by atoms with Crippen molar-refractivity contribution in [3.63, 3.8) is 0 Å². The number of aromatic nitrogens is 2. The van der Waals surface area contributed by atoms with Crippen molar-refractivity contribution in [2.45, 2.75) is 38.9 Å². The van der Waals surface area contributed by atoms with E-state index >= 15 is 0 Å². The van der Waals surface area contributed by atoms with E-state index in [1.807, 2.05) is 40.0 Å². The molecule has 23 heavy (non-hydrogen) atoms. The standard InChI is InChI=1S/C14H18BIN2O4S/c1-13(2)14(3,4)21-15(20-13)10-8-17(5)12(19)11-9(10)6-7-18(11)23-22-16/h6-8H,1-5H3. The maximum Gasteiger partial charge on any atom is 0.497 e. The monoisotopic (exact) mass is 448 g/mol. The Morgan fingerprint density at radius 2 is 1.87 bits per heavy atom. The largest absolute Gasteiger partial charge is 0.497 e. The van der Waals surface area contributed by atoms with Gasteiger partial charge in [-0.25, -0.2) is 2.51 Å². The Bertz CT molecular complexity index is 801. The molecule has 0 atom stereocenters. The minimum Gasteiger partial charge on any atom is -0.399 e. The van der Waals surface area contributed by atoms with Gasteiger partial charge in [-0.3, -0.25) is 8.77 Å². The van der Waals surface area contributed by atoms with Crippen LogP contribution in [0.4, 0.5) is 0 Å². The van der Waals surface area contributed by atoms with E-state index in [1.165, 1.54) is 0 Å². The average Bonchev–Trinajstić information content (AvgIpc) is 2.94. The quantitative estimate of drug-likeness (QED) is 0.411. The molecule has 0 unspecified atom stereocenters. The summed E-state index contributed by atoms with van der Waals surface area (Å²) in [6, 6.07) is 1.89. The van der Waals surface area contributed by atoms with Crippen LogP contribution in [-0.4, -0.2) is 26.9 Å². The number of halogens is 1. The van der Waals surface area contributed by atoms with E-state index in [9.17, 15) is 4.79 Å². The Balaban J connectivity index is 2.17. The summed E-state index contributed by atoms with van der Waals surface area (Å²) in [7, 11) is 1.21. The number of nitrogens with zero attached hydrogens (tertiary/aromatic N) is 2. The van der Waals surface area contributed by atoms with Gasteiger partial charge in [0.05, 0.1) is 11.2 Å². The molecule has 0 amide bonds. The molecule has 2 aromatic heterocycles. The lowest BCUT2D eigenvalue weighted by molar-refractivity contribution is 0.00578. The van der Waals surface area contributed by atoms with E-state index in [2.05, 4.69) is 0 Å². The molecular formula is C14H18BIN2O4S. The van der Waals surface area contributed by atoms with E-state index in [1.54, 1.807) is 44.8 Å². The van der Waals surface area contributed by atoms with Gasteiger partial charge in [0, 0.05) is 30.3 Å². The van der Waals surface area contributed by atoms with Crippen LogP contribution in [0, 0.1) is 0 Å². The number of rotatable bonds is 3. The van der Waals surface area contributed by atoms with Crippen LogP contribution in [0.1, 0.15) is 27.7 Å². The molecule has 3 rings (SSSR count). The van der Waals surface area contributed by atoms with Crippen molar-refractivity contribution in [2.24, 2.45) is 7.05 Å². The maximum atomic E-state index is 12.5. The number of fused-ring (bicyclic) bond motifs is 1. The normalized spacial score (nSPS) is 19.7. The van der Waals surface area contributed by atoms with Gasteiger partial charge < -0.3 is 13.9 Å². The molecule has 0 spiro atoms. The van der Waals surface area contributed by atoms with Gasteiger partial charge in [0.2, 0.25) is 0 Å². The number of pyridine rings is 1. The molecular weight excluding hydrogens is 430 g/mol. The Hall–Kier alpha value is -0.485. The first-order valence-electron chi connectivity index (χ1n) is 7.20. The molecule has 0 saturated carbocycles. The van der Waals surface area contributed by atoms with Gasteiger partial charge in [-0.15, -0.1) is 0 Å². The minimum atomic E-state index is -0.518. The van der Waals surface area contributed by atoms with Crippen molar-refractivity contribution in [2.75, 3.05) is 0 Å². The van der Waals surface area contributed by atoms with Crippen LogP contribution in [0.25, 0.3) is 10.9 Å². The highest BCUT2D eigenvalue weighted by molar-refractivity contribution is 14.1. The van der Waals surface area contributed by atoms with Crippen LogP contribution in [0.3, 0.4) is 0 Å². The molecule has 0 aromatic carbocycles. The van der Waals surface area contributed by atoms with Gasteiger partial charge in [0.15, 0.2) is 0 Å². The second kappa shape index (κ2) is 5.80. The van der Waals surface area contributed by atoms with Gasteiger partial charge in [-0.2, -0.15) is 0 Å². The molecule has 1 aliphatic heterocycles. The predicted molar refractivity (Wildman–Crippen MR) is 101 cm³/mol. The van der Waals surface area contributed by atoms with Crippen LogP contribution >= 0.6 is 35.2 Å². The molecule has 3 heterocycles. The molecule has 0 aliphatic carbocycles. The first-order valence-corrected chi connectivity index (χ1v) is 8.78. The molecule has 124 valence electrons. The summed E-state index contributed by atoms with van der Waals surface area (Å²) in [6.45, 7) is 8.04. The molecule has 9 heteroatoms. The second-order valence-corrected chi connectivity index (χ2v) is 8.38. The summed E-state index contributed by atoms with van der Waals surface area (Å²) >= 11 is 2.87. The van der Waals surface area contributed by atoms with Crippen molar-refractivity contribution in [1.82, 2.24) is 8.54 Å². The number of aryl methyl sites for hydroxylation is 1. The summed E-state index contributed by atoms with van der Waals surface area (Å²) in [5.41, 5.74) is 0.448. The van der Waals surface area contributed by atoms with Crippen molar-refractivity contribution >= 4 is 58.7 Å². The molecule has 1 saturated heterocycles. The Morgan fingerprint density at radius 3 is 2.43 bits per heavy atom. The highest BCUT2D eigenvalue weighted by atomic mass is 127. The zero-order chi connectivity index (χ0) is 17.0. The van der Waals surface area contributed by atoms with E-state index in [4.69, 9.17) is 11.8 Å². The van der Waals surface area contributed by atoms with Gasteiger partial charge in [0.1, 0.15) is 40.8 Å². The Kier molecular flexibility index (Phi) is 4.37. The summed E-state index contributed by atoms with van der Waals surface area (Å²) in [5, 5.41) is 0.813. The van der Waals surface area contributed by atoms with Gasteiger partial charge >= 0.3 is 7.12 Å². The highest BCUT2D eigenvalue weighted by Crippen LogP contribution is 2.37. The third-order valence-electron chi connectivity index (χ3n) is 4.63. The van der Waals surface area contributed by atoms with E-state index < -0.39 is 18.3 Å². The predicted octanol–water partition coefficient (Wildman–Crippen LogP) is 2.42. The van der Waals surface area contributed by atoms with E-state index in [0.717, 1.165) is 23.1 Å². The SMILES string of the molecule is Cn1cc(B2OC(C)(C)C(C)(C)O2)c2ccn(SOI)c2c1=O. The molecule has 6 nitrogen and oxygen atoms in total. The van der Waals surface area contributed by atoms with Crippen molar-refractivity contribution in [3.05, 3.63) is 28.8 Å². The van der Waals surface area contributed by atoms with Gasteiger partial charge in [0.25, 0.3) is 5.56 Å². The zero-order valence-corrected chi connectivity index (χ0v) is 16.6. The molecule has 0 radical (unpaired) electrons. The number of hydrogen-bond donors (Lipinski definition) is 0. The fraction of sp³-hybridized carbons (Fsp3) is 0.500. The lowest BCUT2D eigenvalue weighted by Crippen LogP contribution is -2.41. The fourth-order valence-corrected chi connectivity index (χ4v) is 3.55. The number of hydrogen-bond acceptors (Lipinski definition) is 5. The third-order valence-corrected chi connectivity index (χ3v) is 5.64. The van der Waals surface area contributed by atoms with Crippen LogP contribution in [-0.2, 0) is 18.9 Å². The highest BCUT2D eigenvalue weighted by Gasteiger charge is 2.52. The minimum absolute atomic E-state index is 0.0915. The smallest absolute Gasteiger partial charge is 0.399 e. The summed E-state index contributed by atoms with van der Waals surface area (Å²) in [5.74, 6) is 0. The Labute approximate surface area is 153 Å². The first-order chi connectivity index (χ1) is 10.7. The summed E-state index contributed by atoms with van der Waals surface area (Å²) in [6.07, 6.45) is 3.59. The van der Waals surface area contributed by atoms with E-state index in [0.29, 0.717) is 5.52 Å². The zero-order valence-electron chi connectivity index (χ0n) is 13.6. The average molecular weight is 448 g/mol.